The molecule has 0 bridgehead atoms. The Labute approximate surface area is 128 Å². The molecule has 2 aliphatic rings. The van der Waals surface area contributed by atoms with Gasteiger partial charge in [0.05, 0.1) is 6.10 Å². The molecule has 0 amide bonds. The van der Waals surface area contributed by atoms with Gasteiger partial charge in [0.1, 0.15) is 0 Å². The molecule has 1 aliphatic carbocycles. The first-order chi connectivity index (χ1) is 10.4. The molecule has 3 heteroatoms. The fourth-order valence-corrected chi connectivity index (χ4v) is 3.83. The molecule has 1 N–H and O–H groups in total. The maximum Gasteiger partial charge on any atom is 0.0590 e. The van der Waals surface area contributed by atoms with Crippen molar-refractivity contribution in [3.8, 4) is 0 Å². The van der Waals surface area contributed by atoms with Gasteiger partial charge in [-0.05, 0) is 63.1 Å². The zero-order valence-corrected chi connectivity index (χ0v) is 13.2. The molecular weight excluding hydrogens is 260 g/mol. The van der Waals surface area contributed by atoms with Crippen LogP contribution in [0.1, 0.15) is 62.6 Å². The van der Waals surface area contributed by atoms with Crippen molar-refractivity contribution in [2.45, 2.75) is 69.9 Å². The smallest absolute Gasteiger partial charge is 0.0590 e. The van der Waals surface area contributed by atoms with Gasteiger partial charge in [0.25, 0.3) is 0 Å². The lowest BCUT2D eigenvalue weighted by atomic mass is 9.90. The third kappa shape index (κ3) is 3.64. The summed E-state index contributed by atoms with van der Waals surface area (Å²) in [6.07, 6.45) is 10.9. The summed E-state index contributed by atoms with van der Waals surface area (Å²) >= 11 is 0. The van der Waals surface area contributed by atoms with Crippen molar-refractivity contribution in [2.75, 3.05) is 13.2 Å². The molecule has 3 atom stereocenters. The number of fused-ring (bicyclic) bond motifs is 1. The van der Waals surface area contributed by atoms with E-state index in [1.807, 2.05) is 6.20 Å². The second-order valence-electron chi connectivity index (χ2n) is 6.48. The molecule has 0 aromatic carbocycles. The van der Waals surface area contributed by atoms with Gasteiger partial charge in [-0.15, -0.1) is 0 Å². The summed E-state index contributed by atoms with van der Waals surface area (Å²) in [5, 5.41) is 3.78. The molecule has 3 rings (SSSR count). The van der Waals surface area contributed by atoms with Gasteiger partial charge in [0, 0.05) is 30.5 Å². The lowest BCUT2D eigenvalue weighted by Crippen LogP contribution is -2.39. The van der Waals surface area contributed by atoms with Crippen LogP contribution in [0, 0.1) is 0 Å². The van der Waals surface area contributed by atoms with E-state index in [0.29, 0.717) is 18.1 Å². The first-order valence-electron chi connectivity index (χ1n) is 8.67. The average Bonchev–Trinajstić information content (AvgIpc) is 2.96. The normalized spacial score (nSPS) is 26.5. The molecule has 1 aliphatic heterocycles. The molecule has 21 heavy (non-hydrogen) atoms. The number of ether oxygens (including phenoxy) is 1. The highest BCUT2D eigenvalue weighted by molar-refractivity contribution is 5.30. The van der Waals surface area contributed by atoms with Gasteiger partial charge in [-0.3, -0.25) is 4.98 Å². The molecular formula is C18H28N2O. The van der Waals surface area contributed by atoms with Crippen molar-refractivity contribution in [3.05, 3.63) is 29.6 Å². The third-order valence-corrected chi connectivity index (χ3v) is 4.94. The molecule has 1 aromatic rings. The predicted molar refractivity (Wildman–Crippen MR) is 85.6 cm³/mol. The van der Waals surface area contributed by atoms with Gasteiger partial charge in [-0.2, -0.15) is 0 Å². The maximum absolute atomic E-state index is 5.98. The Morgan fingerprint density at radius 2 is 2.33 bits per heavy atom. The number of hydrogen-bond donors (Lipinski definition) is 1. The number of nitrogens with zero attached hydrogens (tertiary/aromatic N) is 1. The number of pyridine rings is 1. The minimum atomic E-state index is 0.445. The summed E-state index contributed by atoms with van der Waals surface area (Å²) in [4.78, 5) is 4.68. The number of aromatic nitrogens is 1. The highest BCUT2D eigenvalue weighted by atomic mass is 16.5. The van der Waals surface area contributed by atoms with Crippen LogP contribution in [0.3, 0.4) is 0 Å². The van der Waals surface area contributed by atoms with E-state index in [4.69, 9.17) is 4.74 Å². The Hall–Kier alpha value is -0.930. The molecule has 1 fully saturated rings. The second kappa shape index (κ2) is 7.37. The van der Waals surface area contributed by atoms with Gasteiger partial charge in [0.2, 0.25) is 0 Å². The average molecular weight is 288 g/mol. The number of hydrogen-bond acceptors (Lipinski definition) is 3. The van der Waals surface area contributed by atoms with Crippen LogP contribution in [0.5, 0.6) is 0 Å². The lowest BCUT2D eigenvalue weighted by Gasteiger charge is -2.31. The molecule has 0 saturated carbocycles. The number of nitrogens with one attached hydrogen (secondary N) is 1. The van der Waals surface area contributed by atoms with E-state index < -0.39 is 0 Å². The highest BCUT2D eigenvalue weighted by Gasteiger charge is 2.32. The zero-order chi connectivity index (χ0) is 14.5. The van der Waals surface area contributed by atoms with Crippen molar-refractivity contribution in [1.82, 2.24) is 10.3 Å². The molecule has 2 heterocycles. The number of rotatable bonds is 6. The fourth-order valence-electron chi connectivity index (χ4n) is 3.83. The Kier molecular flexibility index (Phi) is 5.26. The van der Waals surface area contributed by atoms with Crippen molar-refractivity contribution in [3.63, 3.8) is 0 Å². The van der Waals surface area contributed by atoms with Crippen LogP contribution in [0.25, 0.3) is 0 Å². The zero-order valence-electron chi connectivity index (χ0n) is 13.2. The molecule has 3 unspecified atom stereocenters. The molecule has 0 radical (unpaired) electrons. The molecule has 1 saturated heterocycles. The van der Waals surface area contributed by atoms with E-state index in [2.05, 4.69) is 29.4 Å². The standard InChI is InChI=1S/C18H28N2O/c1-2-10-19-17(13-15-7-3-4-12-21-15)16-9-8-14-6-5-11-20-18(14)16/h5-6,11,15-17,19H,2-4,7-10,12-13H2,1H3. The summed E-state index contributed by atoms with van der Waals surface area (Å²) in [6.45, 7) is 4.28. The SMILES string of the molecule is CCCNC(CC1CCCCO1)C1CCc2cccnc21. The van der Waals surface area contributed by atoms with Crippen LogP contribution in [0.15, 0.2) is 18.3 Å². The highest BCUT2D eigenvalue weighted by Crippen LogP contribution is 2.36. The van der Waals surface area contributed by atoms with Crippen molar-refractivity contribution in [2.24, 2.45) is 0 Å². The summed E-state index contributed by atoms with van der Waals surface area (Å²) < 4.78 is 5.98. The van der Waals surface area contributed by atoms with Crippen LogP contribution in [-0.2, 0) is 11.2 Å². The first kappa shape index (κ1) is 15.0. The predicted octanol–water partition coefficient (Wildman–Crippen LogP) is 3.44. The van der Waals surface area contributed by atoms with Crippen LogP contribution >= 0.6 is 0 Å². The first-order valence-corrected chi connectivity index (χ1v) is 8.67. The summed E-state index contributed by atoms with van der Waals surface area (Å²) in [7, 11) is 0. The van der Waals surface area contributed by atoms with E-state index in [1.54, 1.807) is 0 Å². The van der Waals surface area contributed by atoms with Crippen LogP contribution in [0.4, 0.5) is 0 Å². The summed E-state index contributed by atoms with van der Waals surface area (Å²) in [5.74, 6) is 0.568. The van der Waals surface area contributed by atoms with Gasteiger partial charge in [0.15, 0.2) is 0 Å². The minimum Gasteiger partial charge on any atom is -0.378 e. The van der Waals surface area contributed by atoms with Gasteiger partial charge in [-0.1, -0.05) is 13.0 Å². The second-order valence-corrected chi connectivity index (χ2v) is 6.48. The van der Waals surface area contributed by atoms with Crippen LogP contribution in [0.2, 0.25) is 0 Å². The van der Waals surface area contributed by atoms with Crippen LogP contribution in [-0.4, -0.2) is 30.3 Å². The molecule has 116 valence electrons. The molecule has 1 aromatic heterocycles. The Balaban J connectivity index is 1.70. The summed E-state index contributed by atoms with van der Waals surface area (Å²) in [5.41, 5.74) is 2.79. The van der Waals surface area contributed by atoms with Gasteiger partial charge in [-0.25, -0.2) is 0 Å². The third-order valence-electron chi connectivity index (χ3n) is 4.94. The van der Waals surface area contributed by atoms with E-state index in [0.717, 1.165) is 19.6 Å². The van der Waals surface area contributed by atoms with E-state index in [-0.39, 0.29) is 0 Å². The van der Waals surface area contributed by atoms with E-state index in [9.17, 15) is 0 Å². The van der Waals surface area contributed by atoms with Gasteiger partial charge >= 0.3 is 0 Å². The largest absolute Gasteiger partial charge is 0.378 e. The van der Waals surface area contributed by atoms with Crippen LogP contribution < -0.4 is 5.32 Å². The molecule has 0 spiro atoms. The number of aryl methyl sites for hydroxylation is 1. The van der Waals surface area contributed by atoms with E-state index in [1.165, 1.54) is 49.8 Å². The van der Waals surface area contributed by atoms with Crippen molar-refractivity contribution in [1.29, 1.82) is 0 Å². The van der Waals surface area contributed by atoms with E-state index >= 15 is 0 Å². The Bertz CT molecular complexity index is 443. The Morgan fingerprint density at radius 3 is 3.14 bits per heavy atom. The van der Waals surface area contributed by atoms with Crippen molar-refractivity contribution < 1.29 is 4.74 Å². The monoisotopic (exact) mass is 288 g/mol. The Morgan fingerprint density at radius 1 is 1.38 bits per heavy atom. The quantitative estimate of drug-likeness (QED) is 0.870. The minimum absolute atomic E-state index is 0.445. The van der Waals surface area contributed by atoms with Crippen molar-refractivity contribution >= 4 is 0 Å². The fraction of sp³-hybridized carbons (Fsp3) is 0.722. The maximum atomic E-state index is 5.98. The summed E-state index contributed by atoms with van der Waals surface area (Å²) in [6, 6.07) is 4.83. The van der Waals surface area contributed by atoms with Gasteiger partial charge < -0.3 is 10.1 Å². The topological polar surface area (TPSA) is 34.1 Å². The lowest BCUT2D eigenvalue weighted by molar-refractivity contribution is 0.00339. The molecule has 3 nitrogen and oxygen atoms in total.